The monoisotopic (exact) mass is 255 g/mol. The summed E-state index contributed by atoms with van der Waals surface area (Å²) in [6.45, 7) is 1.60. The summed E-state index contributed by atoms with van der Waals surface area (Å²) in [5.74, 6) is -0.770. The molecule has 0 aliphatic rings. The van der Waals surface area contributed by atoms with Crippen molar-refractivity contribution < 1.29 is 19.6 Å². The molecule has 0 spiro atoms. The largest absolute Gasteiger partial charge is 0.464 e. The van der Waals surface area contributed by atoms with Crippen molar-refractivity contribution >= 4 is 17.5 Å². The summed E-state index contributed by atoms with van der Waals surface area (Å²) in [6.07, 6.45) is -0.701. The number of carbonyl (C=O) groups is 1. The van der Waals surface area contributed by atoms with Gasteiger partial charge in [-0.15, -0.1) is 0 Å². The molecule has 98 valence electrons. The summed E-state index contributed by atoms with van der Waals surface area (Å²) in [6, 6.07) is 2.36. The Morgan fingerprint density at radius 2 is 2.33 bits per heavy atom. The molecule has 0 fully saturated rings. The van der Waals surface area contributed by atoms with E-state index in [-0.39, 0.29) is 23.7 Å². The predicted octanol–water partition coefficient (Wildman–Crippen LogP) is 0.569. The van der Waals surface area contributed by atoms with Gasteiger partial charge in [0.25, 0.3) is 0 Å². The van der Waals surface area contributed by atoms with Crippen LogP contribution in [-0.2, 0) is 4.74 Å². The van der Waals surface area contributed by atoms with Gasteiger partial charge in [0, 0.05) is 12.6 Å². The predicted molar refractivity (Wildman–Crippen MR) is 62.4 cm³/mol. The lowest BCUT2D eigenvalue weighted by molar-refractivity contribution is -0.384. The highest BCUT2D eigenvalue weighted by Crippen LogP contribution is 2.22. The first kappa shape index (κ1) is 13.8. The minimum atomic E-state index is -0.701. The van der Waals surface area contributed by atoms with Crippen molar-refractivity contribution in [2.45, 2.75) is 13.0 Å². The number of esters is 1. The Balaban J connectivity index is 3.07. The molecule has 8 heteroatoms. The van der Waals surface area contributed by atoms with Crippen LogP contribution in [0.15, 0.2) is 12.1 Å². The number of anilines is 1. The minimum absolute atomic E-state index is 0.0452. The number of aliphatic hydroxyl groups is 1. The molecule has 0 amide bonds. The first-order valence-electron chi connectivity index (χ1n) is 5.11. The Hall–Kier alpha value is -2.22. The van der Waals surface area contributed by atoms with Gasteiger partial charge in [0.05, 0.1) is 18.1 Å². The van der Waals surface area contributed by atoms with Gasteiger partial charge in [-0.05, 0) is 13.0 Å². The summed E-state index contributed by atoms with van der Waals surface area (Å²) >= 11 is 0. The lowest BCUT2D eigenvalue weighted by Gasteiger charge is -2.08. The Kier molecular flexibility index (Phi) is 4.55. The Morgan fingerprint density at radius 1 is 1.67 bits per heavy atom. The molecule has 0 bridgehead atoms. The molecule has 1 heterocycles. The van der Waals surface area contributed by atoms with E-state index in [0.29, 0.717) is 0 Å². The second kappa shape index (κ2) is 5.92. The van der Waals surface area contributed by atoms with E-state index in [9.17, 15) is 14.9 Å². The maximum absolute atomic E-state index is 11.3. The van der Waals surface area contributed by atoms with Crippen molar-refractivity contribution in [3.63, 3.8) is 0 Å². The van der Waals surface area contributed by atoms with Gasteiger partial charge in [-0.2, -0.15) is 0 Å². The molecule has 0 saturated carbocycles. The highest BCUT2D eigenvalue weighted by molar-refractivity contribution is 5.88. The average Bonchev–Trinajstić information content (AvgIpc) is 2.34. The number of rotatable bonds is 5. The van der Waals surface area contributed by atoms with Gasteiger partial charge in [0.2, 0.25) is 5.82 Å². The molecule has 8 nitrogen and oxygen atoms in total. The molecule has 0 aliphatic heterocycles. The van der Waals surface area contributed by atoms with Crippen LogP contribution in [-0.4, -0.2) is 40.7 Å². The summed E-state index contributed by atoms with van der Waals surface area (Å²) in [5.41, 5.74) is -0.320. The molecule has 1 atom stereocenters. The zero-order valence-corrected chi connectivity index (χ0v) is 9.91. The number of aliphatic hydroxyl groups excluding tert-OH is 1. The van der Waals surface area contributed by atoms with Crippen LogP contribution in [0.2, 0.25) is 0 Å². The van der Waals surface area contributed by atoms with Gasteiger partial charge in [-0.1, -0.05) is 0 Å². The second-order valence-electron chi connectivity index (χ2n) is 3.54. The zero-order chi connectivity index (χ0) is 13.7. The number of nitro groups is 1. The SMILES string of the molecule is COC(=O)c1ccc([N+](=O)[O-])c(NCC(C)O)n1. The van der Waals surface area contributed by atoms with E-state index in [0.717, 1.165) is 6.07 Å². The molecule has 1 aromatic rings. The van der Waals surface area contributed by atoms with Crippen LogP contribution < -0.4 is 5.32 Å². The maximum atomic E-state index is 11.3. The summed E-state index contributed by atoms with van der Waals surface area (Å²) in [7, 11) is 1.19. The van der Waals surface area contributed by atoms with E-state index < -0.39 is 17.0 Å². The molecule has 0 radical (unpaired) electrons. The van der Waals surface area contributed by atoms with Crippen LogP contribution in [0.3, 0.4) is 0 Å². The third-order valence-electron chi connectivity index (χ3n) is 2.03. The molecular weight excluding hydrogens is 242 g/mol. The third-order valence-corrected chi connectivity index (χ3v) is 2.03. The zero-order valence-electron chi connectivity index (χ0n) is 9.91. The molecule has 2 N–H and O–H groups in total. The van der Waals surface area contributed by atoms with Crippen LogP contribution in [0.4, 0.5) is 11.5 Å². The highest BCUT2D eigenvalue weighted by Gasteiger charge is 2.19. The quantitative estimate of drug-likeness (QED) is 0.449. The molecule has 1 rings (SSSR count). The van der Waals surface area contributed by atoms with E-state index >= 15 is 0 Å². The number of hydrogen-bond donors (Lipinski definition) is 2. The van der Waals surface area contributed by atoms with Crippen molar-refractivity contribution in [1.29, 1.82) is 0 Å². The fourth-order valence-electron chi connectivity index (χ4n) is 1.19. The molecule has 1 aromatic heterocycles. The number of ether oxygens (including phenoxy) is 1. The van der Waals surface area contributed by atoms with E-state index in [1.165, 1.54) is 20.1 Å². The van der Waals surface area contributed by atoms with Gasteiger partial charge in [-0.3, -0.25) is 10.1 Å². The third kappa shape index (κ3) is 3.39. The lowest BCUT2D eigenvalue weighted by atomic mass is 10.3. The van der Waals surface area contributed by atoms with Crippen LogP contribution in [0.1, 0.15) is 17.4 Å². The minimum Gasteiger partial charge on any atom is -0.464 e. The number of hydrogen-bond acceptors (Lipinski definition) is 7. The average molecular weight is 255 g/mol. The first-order valence-corrected chi connectivity index (χ1v) is 5.11. The van der Waals surface area contributed by atoms with Crippen molar-refractivity contribution in [1.82, 2.24) is 4.98 Å². The Bertz CT molecular complexity index is 461. The second-order valence-corrected chi connectivity index (χ2v) is 3.54. The summed E-state index contributed by atoms with van der Waals surface area (Å²) in [4.78, 5) is 25.2. The van der Waals surface area contributed by atoms with Crippen LogP contribution in [0, 0.1) is 10.1 Å². The Labute approximate surface area is 103 Å². The molecule has 1 unspecified atom stereocenters. The standard InChI is InChI=1S/C10H13N3O5/c1-6(14)5-11-9-8(13(16)17)4-3-7(12-9)10(15)18-2/h3-4,6,14H,5H2,1-2H3,(H,11,12). The molecule has 0 aliphatic carbocycles. The van der Waals surface area contributed by atoms with Gasteiger partial charge in [-0.25, -0.2) is 9.78 Å². The molecule has 0 saturated heterocycles. The fourth-order valence-corrected chi connectivity index (χ4v) is 1.19. The number of methoxy groups -OCH3 is 1. The number of carbonyl (C=O) groups excluding carboxylic acids is 1. The van der Waals surface area contributed by atoms with Crippen molar-refractivity contribution in [2.75, 3.05) is 19.0 Å². The fraction of sp³-hybridized carbons (Fsp3) is 0.400. The molecule has 0 aromatic carbocycles. The lowest BCUT2D eigenvalue weighted by Crippen LogP contribution is -2.18. The first-order chi connectivity index (χ1) is 8.45. The van der Waals surface area contributed by atoms with E-state index in [4.69, 9.17) is 5.11 Å². The van der Waals surface area contributed by atoms with Crippen molar-refractivity contribution in [3.8, 4) is 0 Å². The topological polar surface area (TPSA) is 115 Å². The molecular formula is C10H13N3O5. The molecule has 18 heavy (non-hydrogen) atoms. The van der Waals surface area contributed by atoms with Gasteiger partial charge < -0.3 is 15.2 Å². The van der Waals surface area contributed by atoms with E-state index in [1.807, 2.05) is 0 Å². The van der Waals surface area contributed by atoms with Crippen LogP contribution in [0.5, 0.6) is 0 Å². The smallest absolute Gasteiger partial charge is 0.356 e. The number of nitrogens with zero attached hydrogens (tertiary/aromatic N) is 2. The van der Waals surface area contributed by atoms with Crippen LogP contribution >= 0.6 is 0 Å². The van der Waals surface area contributed by atoms with Gasteiger partial charge in [0.1, 0.15) is 0 Å². The van der Waals surface area contributed by atoms with Crippen LogP contribution in [0.25, 0.3) is 0 Å². The van der Waals surface area contributed by atoms with Crippen molar-refractivity contribution in [3.05, 3.63) is 27.9 Å². The maximum Gasteiger partial charge on any atom is 0.356 e. The number of pyridine rings is 1. The summed E-state index contributed by atoms with van der Waals surface area (Å²) < 4.78 is 4.47. The number of aromatic nitrogens is 1. The number of nitrogens with one attached hydrogen (secondary N) is 1. The van der Waals surface area contributed by atoms with E-state index in [1.54, 1.807) is 0 Å². The van der Waals surface area contributed by atoms with E-state index in [2.05, 4.69) is 15.0 Å². The summed E-state index contributed by atoms with van der Waals surface area (Å²) in [5, 5.41) is 22.5. The Morgan fingerprint density at radius 3 is 2.83 bits per heavy atom. The highest BCUT2D eigenvalue weighted by atomic mass is 16.6. The normalized spacial score (nSPS) is 11.7. The van der Waals surface area contributed by atoms with Gasteiger partial charge in [0.15, 0.2) is 5.69 Å². The van der Waals surface area contributed by atoms with Gasteiger partial charge >= 0.3 is 11.7 Å². The van der Waals surface area contributed by atoms with Crippen molar-refractivity contribution in [2.24, 2.45) is 0 Å².